The Labute approximate surface area is 169 Å². The molecule has 0 saturated heterocycles. The van der Waals surface area contributed by atoms with E-state index >= 15 is 0 Å². The van der Waals surface area contributed by atoms with Crippen LogP contribution in [0.25, 0.3) is 33.3 Å². The summed E-state index contributed by atoms with van der Waals surface area (Å²) < 4.78 is 0. The Kier molecular flexibility index (Phi) is 5.34. The molecule has 0 unspecified atom stereocenters. The number of nitrogens with one attached hydrogen (secondary N) is 2. The quantitative estimate of drug-likeness (QED) is 0.426. The van der Waals surface area contributed by atoms with E-state index < -0.39 is 0 Å². The molecule has 0 aliphatic heterocycles. The molecule has 0 radical (unpaired) electrons. The minimum Gasteiger partial charge on any atom is -0.334 e. The van der Waals surface area contributed by atoms with Crippen molar-refractivity contribution in [1.29, 1.82) is 0 Å². The van der Waals surface area contributed by atoms with Crippen LogP contribution in [-0.4, -0.2) is 17.6 Å². The monoisotopic (exact) mass is 379 g/mol. The van der Waals surface area contributed by atoms with Gasteiger partial charge in [0.1, 0.15) is 0 Å². The van der Waals surface area contributed by atoms with Crippen molar-refractivity contribution in [3.05, 3.63) is 97.6 Å². The van der Waals surface area contributed by atoms with E-state index in [0.717, 1.165) is 33.3 Å². The number of carbonyl (C=O) groups is 1. The first kappa shape index (κ1) is 18.4. The number of nitrogens with zero attached hydrogens (tertiary/aromatic N) is 1. The molecule has 29 heavy (non-hydrogen) atoms. The van der Waals surface area contributed by atoms with Crippen LogP contribution in [0.5, 0.6) is 0 Å². The van der Waals surface area contributed by atoms with Gasteiger partial charge in [-0.05, 0) is 29.8 Å². The van der Waals surface area contributed by atoms with Gasteiger partial charge in [-0.15, -0.1) is 6.58 Å². The Morgan fingerprint density at radius 2 is 1.59 bits per heavy atom. The molecule has 0 aliphatic rings. The Balaban J connectivity index is 1.80. The predicted molar refractivity (Wildman–Crippen MR) is 120 cm³/mol. The molecular weight excluding hydrogens is 358 g/mol. The van der Waals surface area contributed by atoms with Crippen molar-refractivity contribution in [2.45, 2.75) is 0 Å². The zero-order valence-electron chi connectivity index (χ0n) is 15.9. The van der Waals surface area contributed by atoms with Crippen LogP contribution in [0.1, 0.15) is 0 Å². The van der Waals surface area contributed by atoms with E-state index in [0.29, 0.717) is 12.2 Å². The zero-order valence-corrected chi connectivity index (χ0v) is 15.9. The van der Waals surface area contributed by atoms with Crippen molar-refractivity contribution in [3.63, 3.8) is 0 Å². The lowest BCUT2D eigenvalue weighted by Gasteiger charge is -2.13. The van der Waals surface area contributed by atoms with Crippen LogP contribution in [0, 0.1) is 0 Å². The van der Waals surface area contributed by atoms with Gasteiger partial charge in [-0.25, -0.2) is 9.78 Å². The largest absolute Gasteiger partial charge is 0.334 e. The second kappa shape index (κ2) is 8.40. The summed E-state index contributed by atoms with van der Waals surface area (Å²) in [6, 6.07) is 28.0. The molecule has 0 spiro atoms. The number of hydrogen-bond donors (Lipinski definition) is 2. The molecular formula is C25H21N3O. The highest BCUT2D eigenvalue weighted by Gasteiger charge is 2.12. The van der Waals surface area contributed by atoms with E-state index in [1.165, 1.54) is 0 Å². The van der Waals surface area contributed by atoms with Crippen LogP contribution in [0.15, 0.2) is 97.6 Å². The topological polar surface area (TPSA) is 54.0 Å². The highest BCUT2D eigenvalue weighted by atomic mass is 16.2. The molecule has 0 fully saturated rings. The SMILES string of the molecule is C=CCNC(=O)Nc1ccc2nc(-c3ccccc3)c(-c3ccccc3)cc2c1. The van der Waals surface area contributed by atoms with Gasteiger partial charge in [0, 0.05) is 28.7 Å². The Bertz CT molecular complexity index is 1150. The van der Waals surface area contributed by atoms with Gasteiger partial charge in [0.2, 0.25) is 0 Å². The van der Waals surface area contributed by atoms with Gasteiger partial charge in [-0.3, -0.25) is 0 Å². The molecule has 4 heteroatoms. The predicted octanol–water partition coefficient (Wildman–Crippen LogP) is 5.88. The van der Waals surface area contributed by atoms with Gasteiger partial charge in [-0.2, -0.15) is 0 Å². The number of carbonyl (C=O) groups excluding carboxylic acids is 1. The van der Waals surface area contributed by atoms with Crippen LogP contribution >= 0.6 is 0 Å². The van der Waals surface area contributed by atoms with E-state index in [4.69, 9.17) is 4.98 Å². The molecule has 1 aromatic heterocycles. The fraction of sp³-hybridized carbons (Fsp3) is 0.0400. The molecule has 142 valence electrons. The number of pyridine rings is 1. The van der Waals surface area contributed by atoms with Gasteiger partial charge >= 0.3 is 6.03 Å². The fourth-order valence-corrected chi connectivity index (χ4v) is 3.25. The molecule has 3 aromatic carbocycles. The molecule has 0 atom stereocenters. The molecule has 1 heterocycles. The van der Waals surface area contributed by atoms with E-state index in [9.17, 15) is 4.79 Å². The Morgan fingerprint density at radius 1 is 0.897 bits per heavy atom. The number of benzene rings is 3. The summed E-state index contributed by atoms with van der Waals surface area (Å²) in [6.07, 6.45) is 1.64. The normalized spacial score (nSPS) is 10.5. The molecule has 0 bridgehead atoms. The Morgan fingerprint density at radius 3 is 2.28 bits per heavy atom. The molecule has 2 amide bonds. The van der Waals surface area contributed by atoms with Crippen molar-refractivity contribution in [1.82, 2.24) is 10.3 Å². The third kappa shape index (κ3) is 4.17. The lowest BCUT2D eigenvalue weighted by atomic mass is 9.97. The van der Waals surface area contributed by atoms with Gasteiger partial charge in [-0.1, -0.05) is 66.7 Å². The van der Waals surface area contributed by atoms with Gasteiger partial charge in [0.15, 0.2) is 0 Å². The highest BCUT2D eigenvalue weighted by molar-refractivity contribution is 5.96. The maximum atomic E-state index is 11.9. The molecule has 0 saturated carbocycles. The number of urea groups is 1. The number of rotatable bonds is 5. The number of amides is 2. The fourth-order valence-electron chi connectivity index (χ4n) is 3.25. The van der Waals surface area contributed by atoms with Crippen LogP contribution in [0.4, 0.5) is 10.5 Å². The van der Waals surface area contributed by atoms with Crippen LogP contribution < -0.4 is 10.6 Å². The van der Waals surface area contributed by atoms with E-state index in [-0.39, 0.29) is 6.03 Å². The molecule has 4 aromatic rings. The summed E-state index contributed by atoms with van der Waals surface area (Å²) in [5.41, 5.74) is 5.75. The van der Waals surface area contributed by atoms with Gasteiger partial charge < -0.3 is 10.6 Å². The first-order valence-electron chi connectivity index (χ1n) is 9.46. The molecule has 0 aliphatic carbocycles. The van der Waals surface area contributed by atoms with Crippen molar-refractivity contribution in [2.24, 2.45) is 0 Å². The minimum absolute atomic E-state index is 0.263. The second-order valence-corrected chi connectivity index (χ2v) is 6.65. The third-order valence-corrected chi connectivity index (χ3v) is 4.61. The molecule has 4 nitrogen and oxygen atoms in total. The van der Waals surface area contributed by atoms with Crippen LogP contribution in [0.2, 0.25) is 0 Å². The summed E-state index contributed by atoms with van der Waals surface area (Å²) in [5.74, 6) is 0. The average molecular weight is 379 g/mol. The summed E-state index contributed by atoms with van der Waals surface area (Å²) in [7, 11) is 0. The van der Waals surface area contributed by atoms with Crippen molar-refractivity contribution in [3.8, 4) is 22.4 Å². The van der Waals surface area contributed by atoms with Crippen LogP contribution in [0.3, 0.4) is 0 Å². The summed E-state index contributed by atoms with van der Waals surface area (Å²) in [6.45, 7) is 4.02. The molecule has 2 N–H and O–H groups in total. The number of fused-ring (bicyclic) bond motifs is 1. The average Bonchev–Trinajstić information content (AvgIpc) is 2.78. The van der Waals surface area contributed by atoms with E-state index in [1.54, 1.807) is 6.08 Å². The third-order valence-electron chi connectivity index (χ3n) is 4.61. The second-order valence-electron chi connectivity index (χ2n) is 6.65. The number of aromatic nitrogens is 1. The highest BCUT2D eigenvalue weighted by Crippen LogP contribution is 2.34. The van der Waals surface area contributed by atoms with E-state index in [2.05, 4.69) is 47.5 Å². The maximum Gasteiger partial charge on any atom is 0.319 e. The van der Waals surface area contributed by atoms with Crippen molar-refractivity contribution >= 4 is 22.6 Å². The zero-order chi connectivity index (χ0) is 20.1. The maximum absolute atomic E-state index is 11.9. The Hall–Kier alpha value is -3.92. The van der Waals surface area contributed by atoms with Crippen molar-refractivity contribution in [2.75, 3.05) is 11.9 Å². The minimum atomic E-state index is -0.263. The first-order valence-corrected chi connectivity index (χ1v) is 9.46. The standard InChI is InChI=1S/C25H21N3O/c1-2-15-26-25(29)27-21-13-14-23-20(16-21)17-22(18-9-5-3-6-10-18)24(28-23)19-11-7-4-8-12-19/h2-14,16-17H,1,15H2,(H2,26,27,29). The van der Waals surface area contributed by atoms with E-state index in [1.807, 2.05) is 54.6 Å². The molecule has 4 rings (SSSR count). The van der Waals surface area contributed by atoms with Crippen molar-refractivity contribution < 1.29 is 4.79 Å². The summed E-state index contributed by atoms with van der Waals surface area (Å²) in [4.78, 5) is 16.9. The smallest absolute Gasteiger partial charge is 0.319 e. The van der Waals surface area contributed by atoms with Gasteiger partial charge in [0.25, 0.3) is 0 Å². The first-order chi connectivity index (χ1) is 14.2. The lowest BCUT2D eigenvalue weighted by molar-refractivity contribution is 0.253. The summed E-state index contributed by atoms with van der Waals surface area (Å²) in [5, 5.41) is 6.52. The summed E-state index contributed by atoms with van der Waals surface area (Å²) >= 11 is 0. The number of hydrogen-bond acceptors (Lipinski definition) is 2. The van der Waals surface area contributed by atoms with Gasteiger partial charge in [0.05, 0.1) is 11.2 Å². The lowest BCUT2D eigenvalue weighted by Crippen LogP contribution is -2.28. The number of anilines is 1. The van der Waals surface area contributed by atoms with Crippen LogP contribution in [-0.2, 0) is 0 Å².